The van der Waals surface area contributed by atoms with E-state index < -0.39 is 9.84 Å². The van der Waals surface area contributed by atoms with Crippen molar-refractivity contribution in [3.8, 4) is 0 Å². The highest BCUT2D eigenvalue weighted by atomic mass is 32.2. The minimum atomic E-state index is -2.90. The average Bonchev–Trinajstić information content (AvgIpc) is 2.41. The average molecular weight is 283 g/mol. The summed E-state index contributed by atoms with van der Waals surface area (Å²) in [4.78, 5) is 16.0. The molecule has 2 rings (SSSR count). The molecule has 0 bridgehead atoms. The normalized spacial score (nSPS) is 18.8. The van der Waals surface area contributed by atoms with Gasteiger partial charge in [-0.05, 0) is 25.0 Å². The molecular weight excluding hydrogens is 266 g/mol. The number of anilines is 1. The number of rotatable bonds is 3. The van der Waals surface area contributed by atoms with E-state index in [0.29, 0.717) is 24.2 Å². The van der Waals surface area contributed by atoms with Gasteiger partial charge in [-0.2, -0.15) is 0 Å². The number of nitrogens with one attached hydrogen (secondary N) is 2. The predicted molar refractivity (Wildman–Crippen MR) is 72.9 cm³/mol. The van der Waals surface area contributed by atoms with Gasteiger partial charge in [0.1, 0.15) is 15.7 Å². The Morgan fingerprint density at radius 2 is 2.00 bits per heavy atom. The molecule has 0 spiro atoms. The van der Waals surface area contributed by atoms with Gasteiger partial charge in [-0.1, -0.05) is 0 Å². The molecule has 0 saturated carbocycles. The first-order valence-electron chi connectivity index (χ1n) is 6.15. The van der Waals surface area contributed by atoms with Crippen molar-refractivity contribution in [1.82, 2.24) is 10.3 Å². The smallest absolute Gasteiger partial charge is 0.253 e. The van der Waals surface area contributed by atoms with E-state index in [9.17, 15) is 13.2 Å². The van der Waals surface area contributed by atoms with Gasteiger partial charge < -0.3 is 10.6 Å². The van der Waals surface area contributed by atoms with Crippen LogP contribution in [0.3, 0.4) is 0 Å². The van der Waals surface area contributed by atoms with Crippen LogP contribution in [0.25, 0.3) is 0 Å². The molecule has 0 radical (unpaired) electrons. The Balaban J connectivity index is 1.94. The first-order valence-corrected chi connectivity index (χ1v) is 7.97. The van der Waals surface area contributed by atoms with Gasteiger partial charge in [-0.25, -0.2) is 13.4 Å². The van der Waals surface area contributed by atoms with Gasteiger partial charge >= 0.3 is 0 Å². The third kappa shape index (κ3) is 3.66. The third-order valence-corrected chi connectivity index (χ3v) is 4.89. The van der Waals surface area contributed by atoms with Gasteiger partial charge in [0.05, 0.1) is 17.1 Å². The van der Waals surface area contributed by atoms with Crippen LogP contribution < -0.4 is 10.6 Å². The van der Waals surface area contributed by atoms with Gasteiger partial charge in [0.2, 0.25) is 0 Å². The molecule has 2 heterocycles. The molecule has 0 aromatic carbocycles. The Kier molecular flexibility index (Phi) is 4.04. The highest BCUT2D eigenvalue weighted by molar-refractivity contribution is 7.91. The SMILES string of the molecule is CNc1ccc(C(=O)NC2CCS(=O)(=O)CC2)cn1. The molecule has 1 aromatic rings. The lowest BCUT2D eigenvalue weighted by molar-refractivity contribution is 0.0934. The topological polar surface area (TPSA) is 88.2 Å². The van der Waals surface area contributed by atoms with Crippen molar-refractivity contribution in [2.45, 2.75) is 18.9 Å². The molecule has 1 aliphatic rings. The first kappa shape index (κ1) is 13.8. The zero-order valence-electron chi connectivity index (χ0n) is 10.7. The fraction of sp³-hybridized carbons (Fsp3) is 0.500. The summed E-state index contributed by atoms with van der Waals surface area (Å²) in [6, 6.07) is 3.34. The van der Waals surface area contributed by atoms with Crippen LogP contribution in [-0.2, 0) is 9.84 Å². The minimum absolute atomic E-state index is 0.0694. The number of carbonyl (C=O) groups excluding carboxylic acids is 1. The molecule has 6 nitrogen and oxygen atoms in total. The molecule has 19 heavy (non-hydrogen) atoms. The van der Waals surface area contributed by atoms with E-state index in [0.717, 1.165) is 0 Å². The van der Waals surface area contributed by atoms with Crippen LogP contribution in [0.15, 0.2) is 18.3 Å². The number of pyridine rings is 1. The van der Waals surface area contributed by atoms with E-state index in [4.69, 9.17) is 0 Å². The van der Waals surface area contributed by atoms with E-state index in [-0.39, 0.29) is 23.5 Å². The van der Waals surface area contributed by atoms with Gasteiger partial charge in [0.25, 0.3) is 5.91 Å². The summed E-state index contributed by atoms with van der Waals surface area (Å²) in [5.41, 5.74) is 0.479. The molecule has 1 aromatic heterocycles. The molecule has 0 atom stereocenters. The lowest BCUT2D eigenvalue weighted by Gasteiger charge is -2.22. The Hall–Kier alpha value is -1.63. The number of hydrogen-bond acceptors (Lipinski definition) is 5. The van der Waals surface area contributed by atoms with Crippen LogP contribution in [0.1, 0.15) is 23.2 Å². The van der Waals surface area contributed by atoms with Crippen molar-refractivity contribution in [1.29, 1.82) is 0 Å². The van der Waals surface area contributed by atoms with Gasteiger partial charge in [-0.3, -0.25) is 4.79 Å². The number of sulfone groups is 1. The fourth-order valence-electron chi connectivity index (χ4n) is 1.98. The van der Waals surface area contributed by atoms with E-state index in [1.165, 1.54) is 6.20 Å². The third-order valence-electron chi connectivity index (χ3n) is 3.17. The van der Waals surface area contributed by atoms with E-state index >= 15 is 0 Å². The summed E-state index contributed by atoms with van der Waals surface area (Å²) in [7, 11) is -1.14. The van der Waals surface area contributed by atoms with Gasteiger partial charge in [-0.15, -0.1) is 0 Å². The fourth-order valence-corrected chi connectivity index (χ4v) is 3.47. The summed E-state index contributed by atoms with van der Waals surface area (Å²) in [6.45, 7) is 0. The zero-order valence-corrected chi connectivity index (χ0v) is 11.5. The molecular formula is C12H17N3O3S. The molecule has 104 valence electrons. The van der Waals surface area contributed by atoms with Crippen molar-refractivity contribution in [2.24, 2.45) is 0 Å². The summed E-state index contributed by atoms with van der Waals surface area (Å²) in [6.07, 6.45) is 2.47. The Labute approximate surface area is 112 Å². The van der Waals surface area contributed by atoms with E-state index in [1.807, 2.05) is 0 Å². The molecule has 1 saturated heterocycles. The first-order chi connectivity index (χ1) is 9.00. The maximum absolute atomic E-state index is 12.0. The number of aromatic nitrogens is 1. The van der Waals surface area contributed by atoms with Crippen LogP contribution in [0.5, 0.6) is 0 Å². The van der Waals surface area contributed by atoms with Crippen molar-refractivity contribution in [3.63, 3.8) is 0 Å². The maximum atomic E-state index is 12.0. The highest BCUT2D eigenvalue weighted by Crippen LogP contribution is 2.13. The van der Waals surface area contributed by atoms with Crippen LogP contribution in [0.4, 0.5) is 5.82 Å². The maximum Gasteiger partial charge on any atom is 0.253 e. The number of carbonyl (C=O) groups is 1. The van der Waals surface area contributed by atoms with Crippen LogP contribution in [0.2, 0.25) is 0 Å². The second kappa shape index (κ2) is 5.56. The van der Waals surface area contributed by atoms with Crippen LogP contribution >= 0.6 is 0 Å². The lowest BCUT2D eigenvalue weighted by atomic mass is 10.1. The van der Waals surface area contributed by atoms with Crippen molar-refractivity contribution in [3.05, 3.63) is 23.9 Å². The summed E-state index contributed by atoms with van der Waals surface area (Å²) in [5.74, 6) is 0.781. The van der Waals surface area contributed by atoms with Crippen LogP contribution in [0, 0.1) is 0 Å². The molecule has 0 aliphatic carbocycles. The number of amides is 1. The van der Waals surface area contributed by atoms with Crippen molar-refractivity contribution >= 4 is 21.6 Å². The molecule has 1 aliphatic heterocycles. The lowest BCUT2D eigenvalue weighted by Crippen LogP contribution is -2.40. The number of hydrogen-bond donors (Lipinski definition) is 2. The predicted octanol–water partition coefficient (Wildman–Crippen LogP) is 0.430. The molecule has 0 unspecified atom stereocenters. The zero-order chi connectivity index (χ0) is 13.9. The quantitative estimate of drug-likeness (QED) is 0.840. The summed E-state index contributed by atoms with van der Waals surface area (Å²) in [5, 5.41) is 5.72. The monoisotopic (exact) mass is 283 g/mol. The Morgan fingerprint density at radius 3 is 2.53 bits per heavy atom. The standard InChI is InChI=1S/C12H17N3O3S/c1-13-11-3-2-9(8-14-11)12(16)15-10-4-6-19(17,18)7-5-10/h2-3,8,10H,4-7H2,1H3,(H,13,14)(H,15,16). The summed E-state index contributed by atoms with van der Waals surface area (Å²) >= 11 is 0. The van der Waals surface area contributed by atoms with E-state index in [2.05, 4.69) is 15.6 Å². The van der Waals surface area contributed by atoms with Gasteiger partial charge in [0, 0.05) is 19.3 Å². The van der Waals surface area contributed by atoms with E-state index in [1.54, 1.807) is 19.2 Å². The van der Waals surface area contributed by atoms with Crippen LogP contribution in [-0.4, -0.2) is 43.9 Å². The largest absolute Gasteiger partial charge is 0.373 e. The minimum Gasteiger partial charge on any atom is -0.373 e. The number of nitrogens with zero attached hydrogens (tertiary/aromatic N) is 1. The second-order valence-corrected chi connectivity index (χ2v) is 6.89. The summed E-state index contributed by atoms with van der Waals surface area (Å²) < 4.78 is 22.6. The Bertz CT molecular complexity index is 540. The molecule has 2 N–H and O–H groups in total. The Morgan fingerprint density at radius 1 is 1.32 bits per heavy atom. The highest BCUT2D eigenvalue weighted by Gasteiger charge is 2.24. The molecule has 1 fully saturated rings. The molecule has 1 amide bonds. The van der Waals surface area contributed by atoms with Crippen molar-refractivity contribution in [2.75, 3.05) is 23.9 Å². The van der Waals surface area contributed by atoms with Crippen molar-refractivity contribution < 1.29 is 13.2 Å². The van der Waals surface area contributed by atoms with Gasteiger partial charge in [0.15, 0.2) is 0 Å². The molecule has 7 heteroatoms. The second-order valence-electron chi connectivity index (χ2n) is 4.58.